The molecule has 2 aromatic carbocycles. The summed E-state index contributed by atoms with van der Waals surface area (Å²) >= 11 is 0. The molecule has 0 saturated carbocycles. The molecule has 0 unspecified atom stereocenters. The number of rotatable bonds is 7. The van der Waals surface area contributed by atoms with E-state index in [-0.39, 0.29) is 17.0 Å². The second-order valence-electron chi connectivity index (χ2n) is 6.65. The van der Waals surface area contributed by atoms with E-state index in [0.29, 0.717) is 35.0 Å². The molecule has 30 heavy (non-hydrogen) atoms. The molecule has 154 valence electrons. The number of Topliss-reactive ketones (excluding diaryl/α,β-unsaturated/α-hetero) is 1. The molecule has 0 spiro atoms. The number of hydrogen-bond acceptors (Lipinski definition) is 6. The van der Waals surface area contributed by atoms with Crippen LogP contribution in [0, 0.1) is 0 Å². The standard InChI is InChI=1S/C22H21N3O5/c1-3-12-25-21(28)17-10-5-4-9-16(17)20(24-25)22(29)30-13-19(27)23-18-11-7-6-8-15(18)14(2)26/h4-11H,3,12-13H2,1-2H3,(H,23,27). The van der Waals surface area contributed by atoms with E-state index in [1.165, 1.54) is 11.6 Å². The van der Waals surface area contributed by atoms with E-state index in [9.17, 15) is 19.2 Å². The van der Waals surface area contributed by atoms with E-state index >= 15 is 0 Å². The molecule has 0 saturated heterocycles. The van der Waals surface area contributed by atoms with Crippen molar-refractivity contribution >= 4 is 34.1 Å². The molecule has 0 bridgehead atoms. The Morgan fingerprint density at radius 2 is 1.70 bits per heavy atom. The van der Waals surface area contributed by atoms with Crippen molar-refractivity contribution in [2.75, 3.05) is 11.9 Å². The lowest BCUT2D eigenvalue weighted by Crippen LogP contribution is -2.27. The van der Waals surface area contributed by atoms with Gasteiger partial charge in [-0.3, -0.25) is 14.4 Å². The Hall–Kier alpha value is -3.81. The number of ketones is 1. The van der Waals surface area contributed by atoms with Crippen LogP contribution in [0.4, 0.5) is 5.69 Å². The molecule has 1 N–H and O–H groups in total. The Morgan fingerprint density at radius 1 is 1.03 bits per heavy atom. The predicted octanol–water partition coefficient (Wildman–Crippen LogP) is 2.80. The number of nitrogens with one attached hydrogen (secondary N) is 1. The number of hydrogen-bond donors (Lipinski definition) is 1. The fourth-order valence-corrected chi connectivity index (χ4v) is 3.03. The lowest BCUT2D eigenvalue weighted by atomic mass is 10.1. The largest absolute Gasteiger partial charge is 0.451 e. The summed E-state index contributed by atoms with van der Waals surface area (Å²) in [4.78, 5) is 49.0. The van der Waals surface area contributed by atoms with Crippen LogP contribution in [0.5, 0.6) is 0 Å². The lowest BCUT2D eigenvalue weighted by molar-refractivity contribution is -0.119. The first-order chi connectivity index (χ1) is 14.4. The summed E-state index contributed by atoms with van der Waals surface area (Å²) in [6.07, 6.45) is 0.664. The zero-order chi connectivity index (χ0) is 21.7. The van der Waals surface area contributed by atoms with Crippen LogP contribution in [0.1, 0.15) is 41.1 Å². The molecule has 0 aliphatic heterocycles. The summed E-state index contributed by atoms with van der Waals surface area (Å²) in [6, 6.07) is 13.2. The molecule has 8 nitrogen and oxygen atoms in total. The van der Waals surface area contributed by atoms with Gasteiger partial charge in [0.2, 0.25) is 0 Å². The SMILES string of the molecule is CCCn1nc(C(=O)OCC(=O)Nc2ccccc2C(C)=O)c2ccccc2c1=O. The van der Waals surface area contributed by atoms with Crippen molar-refractivity contribution in [1.82, 2.24) is 9.78 Å². The number of aromatic nitrogens is 2. The smallest absolute Gasteiger partial charge is 0.359 e. The minimum Gasteiger partial charge on any atom is -0.451 e. The number of aryl methyl sites for hydroxylation is 1. The quantitative estimate of drug-likeness (QED) is 0.477. The highest BCUT2D eigenvalue weighted by atomic mass is 16.5. The summed E-state index contributed by atoms with van der Waals surface area (Å²) < 4.78 is 6.35. The van der Waals surface area contributed by atoms with Crippen molar-refractivity contribution in [3.05, 3.63) is 70.1 Å². The molecular weight excluding hydrogens is 386 g/mol. The van der Waals surface area contributed by atoms with Crippen molar-refractivity contribution < 1.29 is 19.1 Å². The fourth-order valence-electron chi connectivity index (χ4n) is 3.03. The number of carbonyl (C=O) groups excluding carboxylic acids is 3. The van der Waals surface area contributed by atoms with Crippen LogP contribution < -0.4 is 10.9 Å². The van der Waals surface area contributed by atoms with Crippen LogP contribution in [0.25, 0.3) is 10.8 Å². The van der Waals surface area contributed by atoms with Gasteiger partial charge in [-0.2, -0.15) is 5.10 Å². The average Bonchev–Trinajstić information content (AvgIpc) is 2.74. The predicted molar refractivity (Wildman–Crippen MR) is 112 cm³/mol. The van der Waals surface area contributed by atoms with Gasteiger partial charge in [0.1, 0.15) is 0 Å². The monoisotopic (exact) mass is 407 g/mol. The summed E-state index contributed by atoms with van der Waals surface area (Å²) in [6.45, 7) is 3.08. The van der Waals surface area contributed by atoms with Crippen LogP contribution in [0.3, 0.4) is 0 Å². The van der Waals surface area contributed by atoms with Crippen molar-refractivity contribution in [2.24, 2.45) is 0 Å². The van der Waals surface area contributed by atoms with Gasteiger partial charge < -0.3 is 10.1 Å². The number of carbonyl (C=O) groups is 3. The molecule has 1 heterocycles. The Bertz CT molecular complexity index is 1180. The van der Waals surface area contributed by atoms with Gasteiger partial charge in [0.05, 0.1) is 11.1 Å². The fraction of sp³-hybridized carbons (Fsp3) is 0.227. The van der Waals surface area contributed by atoms with Gasteiger partial charge in [-0.05, 0) is 31.5 Å². The molecule has 0 aliphatic rings. The van der Waals surface area contributed by atoms with E-state index < -0.39 is 18.5 Å². The molecule has 3 rings (SSSR count). The second-order valence-corrected chi connectivity index (χ2v) is 6.65. The van der Waals surface area contributed by atoms with Gasteiger partial charge in [-0.15, -0.1) is 0 Å². The molecule has 1 amide bonds. The summed E-state index contributed by atoms with van der Waals surface area (Å²) in [5, 5.41) is 7.42. The van der Waals surface area contributed by atoms with E-state index in [2.05, 4.69) is 10.4 Å². The van der Waals surface area contributed by atoms with Gasteiger partial charge in [0.25, 0.3) is 11.5 Å². The first kappa shape index (κ1) is 20.9. The van der Waals surface area contributed by atoms with Crippen LogP contribution in [0.15, 0.2) is 53.3 Å². The number of ether oxygens (including phenoxy) is 1. The highest BCUT2D eigenvalue weighted by Gasteiger charge is 2.19. The van der Waals surface area contributed by atoms with Gasteiger partial charge >= 0.3 is 5.97 Å². The van der Waals surface area contributed by atoms with Crippen molar-refractivity contribution in [1.29, 1.82) is 0 Å². The summed E-state index contributed by atoms with van der Waals surface area (Å²) in [5.74, 6) is -1.61. The Balaban J connectivity index is 1.79. The van der Waals surface area contributed by atoms with Crippen molar-refractivity contribution in [2.45, 2.75) is 26.8 Å². The molecule has 0 radical (unpaired) electrons. The van der Waals surface area contributed by atoms with Gasteiger partial charge in [0.15, 0.2) is 18.1 Å². The third-order valence-corrected chi connectivity index (χ3v) is 4.41. The van der Waals surface area contributed by atoms with Gasteiger partial charge in [-0.25, -0.2) is 9.48 Å². The highest BCUT2D eigenvalue weighted by molar-refractivity contribution is 6.05. The zero-order valence-corrected chi connectivity index (χ0v) is 16.7. The molecule has 1 aromatic heterocycles. The van der Waals surface area contributed by atoms with Crippen molar-refractivity contribution in [3.63, 3.8) is 0 Å². The molecule has 0 atom stereocenters. The Morgan fingerprint density at radius 3 is 2.40 bits per heavy atom. The second kappa shape index (κ2) is 9.13. The lowest BCUT2D eigenvalue weighted by Gasteiger charge is -2.11. The van der Waals surface area contributed by atoms with E-state index in [4.69, 9.17) is 4.74 Å². The molecule has 0 aliphatic carbocycles. The van der Waals surface area contributed by atoms with Crippen LogP contribution in [-0.4, -0.2) is 34.0 Å². The van der Waals surface area contributed by atoms with Crippen LogP contribution >= 0.6 is 0 Å². The summed E-state index contributed by atoms with van der Waals surface area (Å²) in [5.41, 5.74) is 0.376. The topological polar surface area (TPSA) is 107 Å². The van der Waals surface area contributed by atoms with Gasteiger partial charge in [0, 0.05) is 17.5 Å². The van der Waals surface area contributed by atoms with Crippen LogP contribution in [0.2, 0.25) is 0 Å². The third-order valence-electron chi connectivity index (χ3n) is 4.41. The van der Waals surface area contributed by atoms with Crippen molar-refractivity contribution in [3.8, 4) is 0 Å². The number of benzene rings is 2. The molecule has 3 aromatic rings. The zero-order valence-electron chi connectivity index (χ0n) is 16.7. The normalized spacial score (nSPS) is 10.6. The first-order valence-corrected chi connectivity index (χ1v) is 9.49. The average molecular weight is 407 g/mol. The third kappa shape index (κ3) is 4.43. The highest BCUT2D eigenvalue weighted by Crippen LogP contribution is 2.16. The van der Waals surface area contributed by atoms with Gasteiger partial charge in [-0.1, -0.05) is 37.3 Å². The van der Waals surface area contributed by atoms with E-state index in [1.54, 1.807) is 48.5 Å². The maximum atomic E-state index is 12.6. The number of anilines is 1. The van der Waals surface area contributed by atoms with Crippen LogP contribution in [-0.2, 0) is 16.1 Å². The molecular formula is C22H21N3O5. The van der Waals surface area contributed by atoms with E-state index in [1.807, 2.05) is 6.92 Å². The molecule has 0 fully saturated rings. The Kier molecular flexibility index (Phi) is 6.36. The summed E-state index contributed by atoms with van der Waals surface area (Å²) in [7, 11) is 0. The maximum absolute atomic E-state index is 12.6. The number of esters is 1. The first-order valence-electron chi connectivity index (χ1n) is 9.49. The number of fused-ring (bicyclic) bond motifs is 1. The maximum Gasteiger partial charge on any atom is 0.359 e. The number of nitrogens with zero attached hydrogens (tertiary/aromatic N) is 2. The minimum absolute atomic E-state index is 0.0319. The number of para-hydroxylation sites is 1. The number of amides is 1. The molecule has 8 heteroatoms. The minimum atomic E-state index is -0.814. The Labute approximate surface area is 172 Å². The van der Waals surface area contributed by atoms with E-state index in [0.717, 1.165) is 0 Å².